The first-order chi connectivity index (χ1) is 14.8. The predicted molar refractivity (Wildman–Crippen MR) is 119 cm³/mol. The third-order valence-corrected chi connectivity index (χ3v) is 8.55. The fourth-order valence-electron chi connectivity index (χ4n) is 3.37. The Hall–Kier alpha value is -2.60. The van der Waals surface area contributed by atoms with Crippen molar-refractivity contribution in [2.24, 2.45) is 0 Å². The lowest BCUT2D eigenvalue weighted by Gasteiger charge is -2.35. The van der Waals surface area contributed by atoms with E-state index in [9.17, 15) is 18.5 Å². The van der Waals surface area contributed by atoms with Gasteiger partial charge in [-0.05, 0) is 36.4 Å². The van der Waals surface area contributed by atoms with Crippen LogP contribution in [0.1, 0.15) is 5.76 Å². The SMILES string of the molecule is O=[N+]([O-])c1ccc(N2CCN(S(=O)(=O)c3ccc(Cl)s3)CC2)cc1NCc1ccco1. The minimum Gasteiger partial charge on any atom is -0.467 e. The van der Waals surface area contributed by atoms with Crippen LogP contribution in [0.15, 0.2) is 57.4 Å². The Bertz CT molecular complexity index is 1170. The Morgan fingerprint density at radius 3 is 2.55 bits per heavy atom. The summed E-state index contributed by atoms with van der Waals surface area (Å²) in [6.07, 6.45) is 1.54. The van der Waals surface area contributed by atoms with Gasteiger partial charge in [-0.3, -0.25) is 10.1 Å². The molecule has 0 spiro atoms. The van der Waals surface area contributed by atoms with Gasteiger partial charge < -0.3 is 14.6 Å². The molecule has 0 amide bonds. The number of halogens is 1. The number of piperazine rings is 1. The summed E-state index contributed by atoms with van der Waals surface area (Å²) in [5.41, 5.74) is 1.12. The molecule has 3 heterocycles. The lowest BCUT2D eigenvalue weighted by atomic mass is 10.2. The van der Waals surface area contributed by atoms with Crippen molar-refractivity contribution in [3.05, 3.63) is 68.9 Å². The topological polar surface area (TPSA) is 109 Å². The summed E-state index contributed by atoms with van der Waals surface area (Å²) in [6, 6.07) is 11.5. The fourth-order valence-corrected chi connectivity index (χ4v) is 6.43. The number of hydrogen-bond donors (Lipinski definition) is 1. The molecule has 1 saturated heterocycles. The average molecular weight is 483 g/mol. The molecule has 31 heavy (non-hydrogen) atoms. The second kappa shape index (κ2) is 8.87. The Balaban J connectivity index is 1.47. The molecule has 2 aromatic heterocycles. The normalized spacial score (nSPS) is 15.2. The molecule has 9 nitrogen and oxygen atoms in total. The molecule has 0 aliphatic carbocycles. The Morgan fingerprint density at radius 1 is 1.16 bits per heavy atom. The number of nitro benzene ring substituents is 1. The van der Waals surface area contributed by atoms with Gasteiger partial charge in [-0.1, -0.05) is 11.6 Å². The average Bonchev–Trinajstić information content (AvgIpc) is 3.44. The van der Waals surface area contributed by atoms with E-state index in [0.717, 1.165) is 17.0 Å². The second-order valence-electron chi connectivity index (χ2n) is 6.84. The number of rotatable bonds is 7. The van der Waals surface area contributed by atoms with Crippen molar-refractivity contribution < 1.29 is 17.8 Å². The summed E-state index contributed by atoms with van der Waals surface area (Å²) in [7, 11) is -3.58. The molecule has 12 heteroatoms. The summed E-state index contributed by atoms with van der Waals surface area (Å²) in [5, 5.41) is 14.5. The van der Waals surface area contributed by atoms with E-state index in [-0.39, 0.29) is 9.90 Å². The first-order valence-electron chi connectivity index (χ1n) is 9.40. The number of benzene rings is 1. The standard InChI is InChI=1S/C19H19ClN4O5S2/c20-18-5-6-19(30-18)31(27,28)23-9-7-22(8-10-23)14-3-4-17(24(25)26)16(12-14)21-13-15-2-1-11-29-15/h1-6,11-12,21H,7-10,13H2. The van der Waals surface area contributed by atoms with E-state index in [4.69, 9.17) is 16.0 Å². The van der Waals surface area contributed by atoms with Gasteiger partial charge in [0.05, 0.1) is 22.1 Å². The van der Waals surface area contributed by atoms with Crippen LogP contribution in [-0.2, 0) is 16.6 Å². The fraction of sp³-hybridized carbons (Fsp3) is 0.263. The number of anilines is 2. The van der Waals surface area contributed by atoms with Crippen LogP contribution in [-0.4, -0.2) is 43.8 Å². The van der Waals surface area contributed by atoms with E-state index in [1.807, 2.05) is 4.90 Å². The summed E-state index contributed by atoms with van der Waals surface area (Å²) < 4.78 is 32.9. The number of hydrogen-bond acceptors (Lipinski definition) is 8. The largest absolute Gasteiger partial charge is 0.467 e. The molecule has 1 aromatic carbocycles. The van der Waals surface area contributed by atoms with Crippen LogP contribution >= 0.6 is 22.9 Å². The van der Waals surface area contributed by atoms with Gasteiger partial charge in [0.25, 0.3) is 15.7 Å². The first kappa shape index (κ1) is 21.6. The minimum atomic E-state index is -3.58. The molecule has 0 bridgehead atoms. The molecule has 0 saturated carbocycles. The predicted octanol–water partition coefficient (Wildman–Crippen LogP) is 4.03. The highest BCUT2D eigenvalue weighted by molar-refractivity contribution is 7.91. The maximum atomic E-state index is 12.8. The summed E-state index contributed by atoms with van der Waals surface area (Å²) in [6.45, 7) is 1.86. The van der Waals surface area contributed by atoms with Crippen LogP contribution in [0.25, 0.3) is 0 Å². The van der Waals surface area contributed by atoms with E-state index in [1.165, 1.54) is 16.4 Å². The number of furan rings is 1. The number of nitro groups is 1. The van der Waals surface area contributed by atoms with Crippen LogP contribution < -0.4 is 10.2 Å². The zero-order valence-electron chi connectivity index (χ0n) is 16.2. The number of nitrogens with zero attached hydrogens (tertiary/aromatic N) is 3. The van der Waals surface area contributed by atoms with Gasteiger partial charge in [-0.2, -0.15) is 4.31 Å². The van der Waals surface area contributed by atoms with Crippen LogP contribution in [0.4, 0.5) is 17.1 Å². The lowest BCUT2D eigenvalue weighted by Crippen LogP contribution is -2.48. The van der Waals surface area contributed by atoms with Gasteiger partial charge in [-0.25, -0.2) is 8.42 Å². The van der Waals surface area contributed by atoms with Crippen LogP contribution in [0.3, 0.4) is 0 Å². The molecule has 1 N–H and O–H groups in total. The molecule has 3 aromatic rings. The smallest absolute Gasteiger partial charge is 0.292 e. The molecule has 164 valence electrons. The molecule has 1 aliphatic rings. The summed E-state index contributed by atoms with van der Waals surface area (Å²) in [5.74, 6) is 0.659. The zero-order chi connectivity index (χ0) is 22.0. The lowest BCUT2D eigenvalue weighted by molar-refractivity contribution is -0.384. The van der Waals surface area contributed by atoms with Crippen molar-refractivity contribution in [2.75, 3.05) is 36.4 Å². The second-order valence-corrected chi connectivity index (χ2v) is 10.7. The van der Waals surface area contributed by atoms with E-state index in [0.29, 0.717) is 48.5 Å². The van der Waals surface area contributed by atoms with E-state index >= 15 is 0 Å². The molecule has 0 atom stereocenters. The maximum absolute atomic E-state index is 12.8. The van der Waals surface area contributed by atoms with Crippen molar-refractivity contribution in [3.63, 3.8) is 0 Å². The number of thiophene rings is 1. The molecule has 0 unspecified atom stereocenters. The number of sulfonamides is 1. The van der Waals surface area contributed by atoms with E-state index in [1.54, 1.807) is 36.6 Å². The summed E-state index contributed by atoms with van der Waals surface area (Å²) >= 11 is 6.92. The van der Waals surface area contributed by atoms with Crippen molar-refractivity contribution >= 4 is 50.0 Å². The van der Waals surface area contributed by atoms with E-state index < -0.39 is 14.9 Å². The third kappa shape index (κ3) is 4.69. The first-order valence-corrected chi connectivity index (χ1v) is 12.0. The highest BCUT2D eigenvalue weighted by Crippen LogP contribution is 2.32. The van der Waals surface area contributed by atoms with Gasteiger partial charge in [0.15, 0.2) is 0 Å². The Labute approximate surface area is 188 Å². The summed E-state index contributed by atoms with van der Waals surface area (Å²) in [4.78, 5) is 13.0. The Morgan fingerprint density at radius 2 is 1.94 bits per heavy atom. The highest BCUT2D eigenvalue weighted by Gasteiger charge is 2.30. The van der Waals surface area contributed by atoms with Crippen molar-refractivity contribution in [2.45, 2.75) is 10.8 Å². The third-order valence-electron chi connectivity index (χ3n) is 4.96. The molecular weight excluding hydrogens is 464 g/mol. The van der Waals surface area contributed by atoms with Gasteiger partial charge in [0.2, 0.25) is 0 Å². The zero-order valence-corrected chi connectivity index (χ0v) is 18.6. The van der Waals surface area contributed by atoms with Gasteiger partial charge in [0.1, 0.15) is 15.7 Å². The minimum absolute atomic E-state index is 0.0360. The van der Waals surface area contributed by atoms with Gasteiger partial charge in [0, 0.05) is 37.9 Å². The van der Waals surface area contributed by atoms with Crippen LogP contribution in [0.2, 0.25) is 4.34 Å². The van der Waals surface area contributed by atoms with Crippen molar-refractivity contribution in [1.82, 2.24) is 4.31 Å². The highest BCUT2D eigenvalue weighted by atomic mass is 35.5. The molecule has 4 rings (SSSR count). The molecular formula is C19H19ClN4O5S2. The quantitative estimate of drug-likeness (QED) is 0.400. The molecule has 1 fully saturated rings. The van der Waals surface area contributed by atoms with E-state index in [2.05, 4.69) is 5.32 Å². The van der Waals surface area contributed by atoms with Crippen molar-refractivity contribution in [1.29, 1.82) is 0 Å². The van der Waals surface area contributed by atoms with Crippen LogP contribution in [0, 0.1) is 10.1 Å². The maximum Gasteiger partial charge on any atom is 0.292 e. The number of nitrogens with one attached hydrogen (secondary N) is 1. The Kier molecular flexibility index (Phi) is 6.19. The molecule has 1 aliphatic heterocycles. The van der Waals surface area contributed by atoms with Gasteiger partial charge >= 0.3 is 0 Å². The monoisotopic (exact) mass is 482 g/mol. The van der Waals surface area contributed by atoms with Crippen LogP contribution in [0.5, 0.6) is 0 Å². The van der Waals surface area contributed by atoms with Crippen molar-refractivity contribution in [3.8, 4) is 0 Å². The van der Waals surface area contributed by atoms with Gasteiger partial charge in [-0.15, -0.1) is 11.3 Å². The molecule has 0 radical (unpaired) electrons.